The predicted octanol–water partition coefficient (Wildman–Crippen LogP) is 3.58. The summed E-state index contributed by atoms with van der Waals surface area (Å²) >= 11 is 5.44. The second kappa shape index (κ2) is 10.7. The highest BCUT2D eigenvalue weighted by atomic mass is 32.1. The van der Waals surface area contributed by atoms with E-state index < -0.39 is 6.04 Å². The van der Waals surface area contributed by atoms with Crippen molar-refractivity contribution < 1.29 is 9.59 Å². The third-order valence-corrected chi connectivity index (χ3v) is 6.38. The van der Waals surface area contributed by atoms with Gasteiger partial charge in [0.05, 0.1) is 5.70 Å². The van der Waals surface area contributed by atoms with Crippen LogP contribution in [0, 0.1) is 0 Å². The van der Waals surface area contributed by atoms with Gasteiger partial charge in [-0.2, -0.15) is 15.0 Å². The van der Waals surface area contributed by atoms with Crippen LogP contribution in [0.5, 0.6) is 0 Å². The summed E-state index contributed by atoms with van der Waals surface area (Å²) < 4.78 is 0. The van der Waals surface area contributed by atoms with Crippen molar-refractivity contribution in [2.75, 3.05) is 21.3 Å². The Hall–Kier alpha value is -4.32. The number of aromatic nitrogens is 4. The molecule has 0 radical (unpaired) electrons. The van der Waals surface area contributed by atoms with Crippen molar-refractivity contribution >= 4 is 64.2 Å². The summed E-state index contributed by atoms with van der Waals surface area (Å²) in [5.74, 6) is 0.599. The third-order valence-electron chi connectivity index (χ3n) is 6.04. The van der Waals surface area contributed by atoms with Gasteiger partial charge >= 0.3 is 0 Å². The molecule has 11 nitrogen and oxygen atoms in total. The van der Waals surface area contributed by atoms with Gasteiger partial charge in [0.15, 0.2) is 0 Å². The van der Waals surface area contributed by atoms with E-state index in [0.29, 0.717) is 28.3 Å². The number of thiocarbonyl (C=S) groups is 1. The average Bonchev–Trinajstić information content (AvgIpc) is 3.61. The predicted molar refractivity (Wildman–Crippen MR) is 147 cm³/mol. The highest BCUT2D eigenvalue weighted by molar-refractivity contribution is 7.80. The van der Waals surface area contributed by atoms with Crippen LogP contribution >= 0.6 is 12.2 Å². The molecule has 1 saturated heterocycles. The molecular weight excluding hydrogens is 490 g/mol. The first-order chi connectivity index (χ1) is 17.9. The lowest BCUT2D eigenvalue weighted by molar-refractivity contribution is -0.115. The Morgan fingerprint density at radius 1 is 1.00 bits per heavy atom. The van der Waals surface area contributed by atoms with Crippen LogP contribution in [0.2, 0.25) is 0 Å². The first-order valence-corrected chi connectivity index (χ1v) is 12.5. The molecule has 1 atom stereocenters. The topological polar surface area (TPSA) is 149 Å². The fourth-order valence-electron chi connectivity index (χ4n) is 4.28. The molecule has 6 N–H and O–H groups in total. The lowest BCUT2D eigenvalue weighted by Gasteiger charge is -2.16. The van der Waals surface area contributed by atoms with Gasteiger partial charge in [-0.25, -0.2) is 0 Å². The van der Waals surface area contributed by atoms with Crippen LogP contribution in [0.15, 0.2) is 48.4 Å². The molecule has 1 saturated carbocycles. The summed E-state index contributed by atoms with van der Waals surface area (Å²) in [5, 5.41) is 15.4. The van der Waals surface area contributed by atoms with Gasteiger partial charge in [-0.15, -0.1) is 0 Å². The summed E-state index contributed by atoms with van der Waals surface area (Å²) in [6.45, 7) is 1.46. The highest BCUT2D eigenvalue weighted by Crippen LogP contribution is 2.24. The molecule has 2 fully saturated rings. The second-order valence-electron chi connectivity index (χ2n) is 8.95. The van der Waals surface area contributed by atoms with Gasteiger partial charge < -0.3 is 31.6 Å². The zero-order chi connectivity index (χ0) is 25.8. The van der Waals surface area contributed by atoms with E-state index in [-0.39, 0.29) is 23.7 Å². The number of Topliss-reactive ketones (excluding diaryl/α,β-unsaturated/α-hetero) is 1. The molecule has 1 unspecified atom stereocenters. The van der Waals surface area contributed by atoms with Gasteiger partial charge in [0.25, 0.3) is 0 Å². The zero-order valence-electron chi connectivity index (χ0n) is 20.2. The molecular formula is C25H27N9O2S. The Balaban J connectivity index is 1.37. The molecule has 2 aliphatic rings. The van der Waals surface area contributed by atoms with Gasteiger partial charge in [0.1, 0.15) is 11.0 Å². The number of nitrogens with one attached hydrogen (secondary N) is 6. The van der Waals surface area contributed by atoms with Gasteiger partial charge in [0, 0.05) is 36.7 Å². The van der Waals surface area contributed by atoms with Crippen molar-refractivity contribution in [3.8, 4) is 0 Å². The largest absolute Gasteiger partial charge is 0.367 e. The van der Waals surface area contributed by atoms with Crippen LogP contribution in [0.4, 0.5) is 29.2 Å². The molecule has 1 aliphatic heterocycles. The molecule has 5 rings (SSSR count). The van der Waals surface area contributed by atoms with E-state index >= 15 is 0 Å². The van der Waals surface area contributed by atoms with E-state index in [1.165, 1.54) is 6.92 Å². The molecule has 37 heavy (non-hydrogen) atoms. The van der Waals surface area contributed by atoms with E-state index in [9.17, 15) is 9.59 Å². The minimum Gasteiger partial charge on any atom is -0.367 e. The molecule has 190 valence electrons. The van der Waals surface area contributed by atoms with Crippen LogP contribution in [0.1, 0.15) is 38.2 Å². The Morgan fingerprint density at radius 2 is 1.68 bits per heavy atom. The lowest BCUT2D eigenvalue weighted by Crippen LogP contribution is -2.33. The van der Waals surface area contributed by atoms with E-state index in [4.69, 9.17) is 12.2 Å². The molecule has 3 aromatic rings. The molecule has 1 aromatic carbocycles. The van der Waals surface area contributed by atoms with Crippen LogP contribution in [-0.4, -0.2) is 48.7 Å². The second-order valence-corrected chi connectivity index (χ2v) is 9.39. The number of hydrogen-bond donors (Lipinski definition) is 6. The summed E-state index contributed by atoms with van der Waals surface area (Å²) in [4.78, 5) is 41.2. The Morgan fingerprint density at radius 3 is 2.35 bits per heavy atom. The maximum absolute atomic E-state index is 13.1. The average molecular weight is 518 g/mol. The van der Waals surface area contributed by atoms with Crippen molar-refractivity contribution in [1.29, 1.82) is 0 Å². The number of hydrogen-bond acceptors (Lipinski definition) is 9. The van der Waals surface area contributed by atoms with E-state index in [0.717, 1.165) is 36.9 Å². The fourth-order valence-corrected chi connectivity index (χ4v) is 4.56. The number of carbonyl (C=O) groups is 2. The number of ketones is 1. The Kier molecular flexibility index (Phi) is 7.08. The molecule has 12 heteroatoms. The number of rotatable bonds is 8. The Labute approximate surface area is 219 Å². The normalized spacial score (nSPS) is 18.6. The summed E-state index contributed by atoms with van der Waals surface area (Å²) in [5.41, 5.74) is 2.67. The van der Waals surface area contributed by atoms with Crippen LogP contribution < -0.4 is 26.6 Å². The van der Waals surface area contributed by atoms with Crippen molar-refractivity contribution in [2.45, 2.75) is 44.7 Å². The molecule has 1 aliphatic carbocycles. The Bertz CT molecular complexity index is 1330. The highest BCUT2D eigenvalue weighted by Gasteiger charge is 2.35. The van der Waals surface area contributed by atoms with E-state index in [2.05, 4.69) is 46.5 Å². The standard InChI is InChI=1S/C25H27N9O2S/c1-14(35)27-17-6-8-18(9-7-17)29-24-32-23(28-16-4-2-3-5-16)33-25(34-24)31-20-21(36)19(30-22(20)37)12-15-10-11-26-13-15/h6-13,16,20,26H,2-5H2,1H3,(H,27,35)(H,30,37)(H3,28,29,31,32,33,34)/b19-12-. The summed E-state index contributed by atoms with van der Waals surface area (Å²) in [6.07, 6.45) is 9.73. The molecule has 0 spiro atoms. The zero-order valence-corrected chi connectivity index (χ0v) is 21.0. The number of benzene rings is 1. The number of amides is 1. The van der Waals surface area contributed by atoms with Crippen LogP contribution in [0.3, 0.4) is 0 Å². The molecule has 0 bridgehead atoms. The monoisotopic (exact) mass is 517 g/mol. The maximum atomic E-state index is 13.1. The van der Waals surface area contributed by atoms with E-state index in [1.54, 1.807) is 30.6 Å². The first-order valence-electron chi connectivity index (χ1n) is 12.1. The van der Waals surface area contributed by atoms with Crippen LogP contribution in [0.25, 0.3) is 6.08 Å². The molecule has 1 amide bonds. The van der Waals surface area contributed by atoms with Crippen molar-refractivity contribution in [3.05, 3.63) is 54.0 Å². The van der Waals surface area contributed by atoms with Gasteiger partial charge in [0.2, 0.25) is 29.5 Å². The minimum absolute atomic E-state index is 0.142. The minimum atomic E-state index is -0.799. The number of anilines is 5. The quantitative estimate of drug-likeness (QED) is 0.193. The van der Waals surface area contributed by atoms with Crippen molar-refractivity contribution in [1.82, 2.24) is 25.3 Å². The fraction of sp³-hybridized carbons (Fsp3) is 0.280. The van der Waals surface area contributed by atoms with Crippen molar-refractivity contribution in [3.63, 3.8) is 0 Å². The van der Waals surface area contributed by atoms with Gasteiger partial charge in [-0.1, -0.05) is 25.1 Å². The number of carbonyl (C=O) groups excluding carboxylic acids is 2. The van der Waals surface area contributed by atoms with Gasteiger partial charge in [-0.05, 0) is 54.8 Å². The van der Waals surface area contributed by atoms with Gasteiger partial charge in [-0.3, -0.25) is 9.59 Å². The molecule has 3 heterocycles. The maximum Gasteiger partial charge on any atom is 0.233 e. The number of H-pyrrole nitrogens is 1. The smallest absolute Gasteiger partial charge is 0.233 e. The van der Waals surface area contributed by atoms with E-state index in [1.807, 2.05) is 18.2 Å². The lowest BCUT2D eigenvalue weighted by atomic mass is 10.1. The first kappa shape index (κ1) is 24.4. The third kappa shape index (κ3) is 6.09. The summed E-state index contributed by atoms with van der Waals surface area (Å²) in [6, 6.07) is 8.52. The molecule has 2 aromatic heterocycles. The summed E-state index contributed by atoms with van der Waals surface area (Å²) in [7, 11) is 0. The SMILES string of the molecule is CC(=O)Nc1ccc(Nc2nc(NC3CCCC3)nc(NC3C(=O)/C(=C/c4cc[nH]c4)NC3=S)n2)cc1. The number of nitrogens with zero attached hydrogens (tertiary/aromatic N) is 3. The number of aromatic amines is 1. The van der Waals surface area contributed by atoms with Crippen molar-refractivity contribution in [2.24, 2.45) is 0 Å². The van der Waals surface area contributed by atoms with Crippen LogP contribution in [-0.2, 0) is 9.59 Å².